The van der Waals surface area contributed by atoms with E-state index in [1.165, 1.54) is 10.9 Å². The summed E-state index contributed by atoms with van der Waals surface area (Å²) in [5.74, 6) is -0.0430. The van der Waals surface area contributed by atoms with Gasteiger partial charge in [0.25, 0.3) is 5.56 Å². The van der Waals surface area contributed by atoms with Gasteiger partial charge in [0.15, 0.2) is 17.4 Å². The normalized spacial score (nSPS) is 34.4. The van der Waals surface area contributed by atoms with E-state index in [-0.39, 0.29) is 23.7 Å². The number of fused-ring (bicyclic) bond motifs is 3. The lowest BCUT2D eigenvalue weighted by atomic mass is 9.90. The molecule has 2 aromatic rings. The molecule has 0 amide bonds. The molecule has 0 saturated carbocycles. The van der Waals surface area contributed by atoms with E-state index in [2.05, 4.69) is 15.0 Å². The average Bonchev–Trinajstić information content (AvgIpc) is 2.94. The van der Waals surface area contributed by atoms with Crippen molar-refractivity contribution in [3.05, 3.63) is 16.7 Å². The van der Waals surface area contributed by atoms with Gasteiger partial charge < -0.3 is 25.4 Å². The maximum atomic E-state index is 11.8. The Morgan fingerprint density at radius 1 is 1.59 bits per heavy atom. The molecule has 0 radical (unpaired) electrons. The van der Waals surface area contributed by atoms with Gasteiger partial charge in [0, 0.05) is 6.42 Å². The molecule has 10 nitrogen and oxygen atoms in total. The van der Waals surface area contributed by atoms with Crippen LogP contribution in [0.25, 0.3) is 11.2 Å². The number of nitrogens with one attached hydrogen (secondary N) is 1. The minimum Gasteiger partial charge on any atom is -0.393 e. The first-order valence-corrected chi connectivity index (χ1v) is 6.86. The topological polar surface area (TPSA) is 149 Å². The Kier molecular flexibility index (Phi) is 2.78. The van der Waals surface area contributed by atoms with E-state index in [9.17, 15) is 15.0 Å². The summed E-state index contributed by atoms with van der Waals surface area (Å²) in [5, 5.41) is 20.0. The molecule has 2 saturated heterocycles. The number of aromatic nitrogens is 4. The molecule has 10 heteroatoms. The highest BCUT2D eigenvalue weighted by Gasteiger charge is 2.58. The molecular formula is C12H15N5O5. The smallest absolute Gasteiger partial charge is 0.280 e. The lowest BCUT2D eigenvalue weighted by Crippen LogP contribution is -2.51. The minimum absolute atomic E-state index is 0.0430. The molecule has 0 unspecified atom stereocenters. The fraction of sp³-hybridized carbons (Fsp3) is 0.583. The van der Waals surface area contributed by atoms with Gasteiger partial charge in [-0.25, -0.2) is 4.98 Å². The number of hydrogen-bond acceptors (Lipinski definition) is 8. The second kappa shape index (κ2) is 4.49. The van der Waals surface area contributed by atoms with Gasteiger partial charge in [-0.3, -0.25) is 14.3 Å². The Morgan fingerprint density at radius 3 is 3.14 bits per heavy atom. The lowest BCUT2D eigenvalue weighted by Gasteiger charge is -2.33. The van der Waals surface area contributed by atoms with Gasteiger partial charge in [0.2, 0.25) is 5.95 Å². The van der Waals surface area contributed by atoms with Crippen LogP contribution >= 0.6 is 0 Å². The number of nitrogen functional groups attached to an aromatic ring is 1. The number of imidazole rings is 1. The third kappa shape index (κ3) is 1.66. The summed E-state index contributed by atoms with van der Waals surface area (Å²) in [6.07, 6.45) is -0.642. The fourth-order valence-electron chi connectivity index (χ4n) is 3.13. The van der Waals surface area contributed by atoms with Crippen LogP contribution in [0.3, 0.4) is 0 Å². The number of nitrogens with two attached hydrogens (primary N) is 1. The Hall–Kier alpha value is -2.01. The summed E-state index contributed by atoms with van der Waals surface area (Å²) in [7, 11) is 0. The Morgan fingerprint density at radius 2 is 2.41 bits per heavy atom. The van der Waals surface area contributed by atoms with Crippen molar-refractivity contribution in [3.63, 3.8) is 0 Å². The SMILES string of the molecule is Nc1nc2c(ncn2[C@@H]2O[C@@]3(CO)CCO[C@@H]2[C@@H]3O)c(=O)[nH]1. The van der Waals surface area contributed by atoms with E-state index in [4.69, 9.17) is 15.2 Å². The van der Waals surface area contributed by atoms with Crippen molar-refractivity contribution in [2.45, 2.75) is 30.5 Å². The van der Waals surface area contributed by atoms with Crippen molar-refractivity contribution < 1.29 is 19.7 Å². The van der Waals surface area contributed by atoms with E-state index in [0.717, 1.165) is 0 Å². The molecule has 2 bridgehead atoms. The highest BCUT2D eigenvalue weighted by Crippen LogP contribution is 2.44. The Bertz CT molecular complexity index is 788. The summed E-state index contributed by atoms with van der Waals surface area (Å²) in [4.78, 5) is 22.3. The minimum atomic E-state index is -1.07. The van der Waals surface area contributed by atoms with E-state index in [1.54, 1.807) is 0 Å². The first-order chi connectivity index (χ1) is 10.6. The van der Waals surface area contributed by atoms with Crippen LogP contribution in [0.4, 0.5) is 5.95 Å². The second-order valence-electron chi connectivity index (χ2n) is 5.54. The fourth-order valence-corrected chi connectivity index (χ4v) is 3.13. The molecule has 2 aliphatic rings. The maximum Gasteiger partial charge on any atom is 0.280 e. The van der Waals surface area contributed by atoms with E-state index < -0.39 is 29.6 Å². The molecule has 0 aromatic carbocycles. The lowest BCUT2D eigenvalue weighted by molar-refractivity contribution is -0.143. The van der Waals surface area contributed by atoms with Crippen molar-refractivity contribution in [3.8, 4) is 0 Å². The quantitative estimate of drug-likeness (QED) is 0.503. The van der Waals surface area contributed by atoms with E-state index in [0.29, 0.717) is 13.0 Å². The van der Waals surface area contributed by atoms with Gasteiger partial charge in [-0.15, -0.1) is 0 Å². The highest BCUT2D eigenvalue weighted by atomic mass is 16.6. The van der Waals surface area contributed by atoms with E-state index in [1.807, 2.05) is 0 Å². The third-order valence-electron chi connectivity index (χ3n) is 4.31. The van der Waals surface area contributed by atoms with Crippen molar-refractivity contribution in [2.75, 3.05) is 18.9 Å². The molecule has 5 N–H and O–H groups in total. The molecule has 2 fully saturated rings. The van der Waals surface area contributed by atoms with Crippen LogP contribution in [0.1, 0.15) is 12.6 Å². The molecule has 2 aliphatic heterocycles. The standard InChI is InChI=1S/C12H15N5O5/c13-11-15-8-5(9(20)16-11)14-4-17(8)10-6-7(19)12(3-18,22-10)1-2-21-6/h4,6-7,10,18-19H,1-3H2,(H3,13,15,16,20)/t6-,7+,10-,12-/m1/s1. The van der Waals surface area contributed by atoms with Crippen molar-refractivity contribution in [1.29, 1.82) is 0 Å². The number of H-pyrrole nitrogens is 1. The van der Waals surface area contributed by atoms with Crippen molar-refractivity contribution >= 4 is 17.1 Å². The van der Waals surface area contributed by atoms with Crippen LogP contribution in [0, 0.1) is 0 Å². The van der Waals surface area contributed by atoms with Crippen LogP contribution < -0.4 is 11.3 Å². The number of rotatable bonds is 2. The predicted molar refractivity (Wildman–Crippen MR) is 72.9 cm³/mol. The third-order valence-corrected chi connectivity index (χ3v) is 4.31. The summed E-state index contributed by atoms with van der Waals surface area (Å²) in [6, 6.07) is 0. The zero-order valence-corrected chi connectivity index (χ0v) is 11.5. The maximum absolute atomic E-state index is 11.8. The molecule has 4 rings (SSSR count). The summed E-state index contributed by atoms with van der Waals surface area (Å²) < 4.78 is 12.9. The Balaban J connectivity index is 1.85. The van der Waals surface area contributed by atoms with Crippen LogP contribution in [-0.4, -0.2) is 60.8 Å². The highest BCUT2D eigenvalue weighted by molar-refractivity contribution is 5.70. The first-order valence-electron chi connectivity index (χ1n) is 6.86. The van der Waals surface area contributed by atoms with Crippen LogP contribution in [-0.2, 0) is 9.47 Å². The number of nitrogens with zero attached hydrogens (tertiary/aromatic N) is 3. The molecular weight excluding hydrogens is 294 g/mol. The number of anilines is 1. The molecule has 0 spiro atoms. The zero-order chi connectivity index (χ0) is 15.5. The number of aromatic amines is 1. The first kappa shape index (κ1) is 13.6. The molecule has 2 aromatic heterocycles. The Labute approximate surface area is 123 Å². The number of aliphatic hydroxyl groups is 2. The molecule has 0 aliphatic carbocycles. The molecule has 22 heavy (non-hydrogen) atoms. The molecule has 4 heterocycles. The van der Waals surface area contributed by atoms with E-state index >= 15 is 0 Å². The van der Waals surface area contributed by atoms with Gasteiger partial charge in [-0.05, 0) is 0 Å². The van der Waals surface area contributed by atoms with Crippen molar-refractivity contribution in [1.82, 2.24) is 19.5 Å². The summed E-state index contributed by atoms with van der Waals surface area (Å²) >= 11 is 0. The van der Waals surface area contributed by atoms with Gasteiger partial charge in [-0.2, -0.15) is 4.98 Å². The average molecular weight is 309 g/mol. The second-order valence-corrected chi connectivity index (χ2v) is 5.54. The van der Waals surface area contributed by atoms with Crippen LogP contribution in [0.2, 0.25) is 0 Å². The largest absolute Gasteiger partial charge is 0.393 e. The zero-order valence-electron chi connectivity index (χ0n) is 11.5. The van der Waals surface area contributed by atoms with Gasteiger partial charge >= 0.3 is 0 Å². The number of aliphatic hydroxyl groups excluding tert-OH is 2. The summed E-state index contributed by atoms with van der Waals surface area (Å²) in [6.45, 7) is 0.0366. The van der Waals surface area contributed by atoms with Crippen LogP contribution in [0.5, 0.6) is 0 Å². The van der Waals surface area contributed by atoms with Gasteiger partial charge in [0.05, 0.1) is 19.5 Å². The monoisotopic (exact) mass is 309 g/mol. The molecule has 4 atom stereocenters. The number of ether oxygens (including phenoxy) is 2. The van der Waals surface area contributed by atoms with Crippen molar-refractivity contribution in [2.24, 2.45) is 0 Å². The molecule has 118 valence electrons. The summed E-state index contributed by atoms with van der Waals surface area (Å²) in [5.41, 5.74) is 4.39. The van der Waals surface area contributed by atoms with Crippen LogP contribution in [0.15, 0.2) is 11.1 Å². The van der Waals surface area contributed by atoms with Gasteiger partial charge in [0.1, 0.15) is 17.8 Å². The number of hydrogen-bond donors (Lipinski definition) is 4. The van der Waals surface area contributed by atoms with Gasteiger partial charge in [-0.1, -0.05) is 0 Å². The predicted octanol–water partition coefficient (Wildman–Crippen LogP) is -1.89.